The summed E-state index contributed by atoms with van der Waals surface area (Å²) in [6, 6.07) is 1.98. The van der Waals surface area contributed by atoms with Gasteiger partial charge < -0.3 is 14.2 Å². The Morgan fingerprint density at radius 2 is 2.15 bits per heavy atom. The lowest BCUT2D eigenvalue weighted by Crippen LogP contribution is -2.49. The highest BCUT2D eigenvalue weighted by Crippen LogP contribution is 2.33. The van der Waals surface area contributed by atoms with Crippen molar-refractivity contribution >= 4 is 11.0 Å². The second kappa shape index (κ2) is 4.74. The first kappa shape index (κ1) is 12.1. The van der Waals surface area contributed by atoms with Crippen LogP contribution < -0.4 is 4.74 Å². The molecule has 2 aromatic heterocycles. The van der Waals surface area contributed by atoms with Crippen LogP contribution in [0.25, 0.3) is 11.0 Å². The first-order chi connectivity index (χ1) is 9.81. The first-order valence-corrected chi connectivity index (χ1v) is 7.42. The van der Waals surface area contributed by atoms with Gasteiger partial charge in [0.15, 0.2) is 5.52 Å². The van der Waals surface area contributed by atoms with E-state index in [9.17, 15) is 0 Å². The predicted octanol–water partition coefficient (Wildman–Crippen LogP) is 1.69. The fourth-order valence-corrected chi connectivity index (χ4v) is 3.61. The van der Waals surface area contributed by atoms with Crippen LogP contribution in [0.5, 0.6) is 5.88 Å². The summed E-state index contributed by atoms with van der Waals surface area (Å²) in [5, 5.41) is 0. The summed E-state index contributed by atoms with van der Waals surface area (Å²) in [4.78, 5) is 11.3. The van der Waals surface area contributed by atoms with Gasteiger partial charge in [-0.05, 0) is 37.9 Å². The topological polar surface area (TPSA) is 43.2 Å². The third-order valence-electron chi connectivity index (χ3n) is 4.84. The van der Waals surface area contributed by atoms with Gasteiger partial charge in [0.05, 0.1) is 18.5 Å². The first-order valence-electron chi connectivity index (χ1n) is 7.42. The van der Waals surface area contributed by atoms with Crippen molar-refractivity contribution < 1.29 is 4.74 Å². The van der Waals surface area contributed by atoms with Gasteiger partial charge in [-0.2, -0.15) is 0 Å². The van der Waals surface area contributed by atoms with Crippen molar-refractivity contribution in [3.63, 3.8) is 0 Å². The molecule has 5 nitrogen and oxygen atoms in total. The van der Waals surface area contributed by atoms with Gasteiger partial charge in [0, 0.05) is 25.7 Å². The van der Waals surface area contributed by atoms with E-state index >= 15 is 0 Å². The Hall–Kier alpha value is -1.62. The summed E-state index contributed by atoms with van der Waals surface area (Å²) in [5.74, 6) is 2.17. The molecule has 0 aromatic carbocycles. The molecule has 5 heterocycles. The summed E-state index contributed by atoms with van der Waals surface area (Å²) in [6.45, 7) is 4.50. The lowest BCUT2D eigenvalue weighted by molar-refractivity contribution is 0.0251. The normalized spacial score (nSPS) is 28.9. The van der Waals surface area contributed by atoms with Crippen LogP contribution >= 0.6 is 0 Å². The molecule has 1 unspecified atom stereocenters. The van der Waals surface area contributed by atoms with Gasteiger partial charge in [-0.15, -0.1) is 0 Å². The molecule has 0 spiro atoms. The monoisotopic (exact) mass is 272 g/mol. The number of hydrogen-bond donors (Lipinski definition) is 0. The van der Waals surface area contributed by atoms with Crippen LogP contribution in [0.3, 0.4) is 0 Å². The van der Waals surface area contributed by atoms with E-state index in [2.05, 4.69) is 14.9 Å². The van der Waals surface area contributed by atoms with Crippen molar-refractivity contribution in [1.29, 1.82) is 0 Å². The molecule has 0 saturated carbocycles. The average Bonchev–Trinajstić information content (AvgIpc) is 2.89. The maximum Gasteiger partial charge on any atom is 0.242 e. The zero-order valence-corrected chi connectivity index (χ0v) is 11.8. The fourth-order valence-electron chi connectivity index (χ4n) is 3.61. The third-order valence-corrected chi connectivity index (χ3v) is 4.84. The van der Waals surface area contributed by atoms with Gasteiger partial charge in [0.2, 0.25) is 5.88 Å². The van der Waals surface area contributed by atoms with E-state index in [4.69, 9.17) is 4.74 Å². The molecule has 0 radical (unpaired) electrons. The zero-order chi connectivity index (χ0) is 13.5. The molecule has 0 N–H and O–H groups in total. The van der Waals surface area contributed by atoms with Crippen LogP contribution in [0, 0.1) is 11.8 Å². The molecule has 0 amide bonds. The van der Waals surface area contributed by atoms with Crippen LogP contribution in [0.4, 0.5) is 0 Å². The minimum absolute atomic E-state index is 0.651. The minimum atomic E-state index is 0.651. The van der Waals surface area contributed by atoms with Crippen molar-refractivity contribution in [2.45, 2.75) is 12.8 Å². The van der Waals surface area contributed by atoms with E-state index in [1.807, 2.05) is 24.0 Å². The van der Waals surface area contributed by atoms with Crippen LogP contribution in [0.1, 0.15) is 12.8 Å². The maximum atomic E-state index is 6.01. The molecule has 5 rings (SSSR count). The highest BCUT2D eigenvalue weighted by molar-refractivity contribution is 5.79. The van der Waals surface area contributed by atoms with Crippen molar-refractivity contribution in [2.24, 2.45) is 18.9 Å². The molecule has 20 heavy (non-hydrogen) atoms. The number of hydrogen-bond acceptors (Lipinski definition) is 4. The highest BCUT2D eigenvalue weighted by Gasteiger charge is 2.34. The van der Waals surface area contributed by atoms with E-state index in [0.29, 0.717) is 11.8 Å². The van der Waals surface area contributed by atoms with E-state index in [1.165, 1.54) is 32.5 Å². The number of aromatic nitrogens is 3. The number of nitrogens with zero attached hydrogens (tertiary/aromatic N) is 4. The van der Waals surface area contributed by atoms with Gasteiger partial charge in [-0.3, -0.25) is 0 Å². The lowest BCUT2D eigenvalue weighted by Gasteiger charge is -2.44. The van der Waals surface area contributed by atoms with Crippen molar-refractivity contribution in [2.75, 3.05) is 26.2 Å². The Kier molecular flexibility index (Phi) is 2.88. The van der Waals surface area contributed by atoms with Gasteiger partial charge in [-0.1, -0.05) is 0 Å². The average molecular weight is 272 g/mol. The van der Waals surface area contributed by atoms with Crippen LogP contribution in [-0.2, 0) is 7.05 Å². The van der Waals surface area contributed by atoms with Crippen LogP contribution in [-0.4, -0.2) is 45.7 Å². The predicted molar refractivity (Wildman–Crippen MR) is 76.7 cm³/mol. The minimum Gasteiger partial charge on any atom is -0.476 e. The molecule has 0 aliphatic carbocycles. The number of rotatable bonds is 3. The van der Waals surface area contributed by atoms with E-state index in [0.717, 1.165) is 23.6 Å². The van der Waals surface area contributed by atoms with Gasteiger partial charge >= 0.3 is 0 Å². The molecule has 3 aliphatic rings. The SMILES string of the molecule is Cn1cnc2c(OCC3CN4CCC3CC4)nccc21. The molecular formula is C15H20N4O. The molecule has 2 aromatic rings. The Labute approximate surface area is 118 Å². The highest BCUT2D eigenvalue weighted by atomic mass is 16.5. The molecule has 1 atom stereocenters. The number of aryl methyl sites for hydroxylation is 1. The number of fused-ring (bicyclic) bond motifs is 4. The second-order valence-corrected chi connectivity index (χ2v) is 6.05. The Morgan fingerprint density at radius 1 is 1.30 bits per heavy atom. The number of ether oxygens (including phenoxy) is 1. The second-order valence-electron chi connectivity index (χ2n) is 6.05. The molecule has 106 valence electrons. The fraction of sp³-hybridized carbons (Fsp3) is 0.600. The van der Waals surface area contributed by atoms with Crippen LogP contribution in [0.2, 0.25) is 0 Å². The molecule has 3 saturated heterocycles. The summed E-state index contributed by atoms with van der Waals surface area (Å²) in [7, 11) is 1.99. The van der Waals surface area contributed by atoms with Crippen molar-refractivity contribution in [3.05, 3.63) is 18.6 Å². The summed E-state index contributed by atoms with van der Waals surface area (Å²) < 4.78 is 8.01. The van der Waals surface area contributed by atoms with E-state index in [-0.39, 0.29) is 0 Å². The van der Waals surface area contributed by atoms with Gasteiger partial charge in [-0.25, -0.2) is 9.97 Å². The van der Waals surface area contributed by atoms with Gasteiger partial charge in [0.25, 0.3) is 0 Å². The Bertz CT molecular complexity index is 615. The smallest absolute Gasteiger partial charge is 0.242 e. The summed E-state index contributed by atoms with van der Waals surface area (Å²) in [5.41, 5.74) is 1.94. The maximum absolute atomic E-state index is 6.01. The number of pyridine rings is 1. The molecule has 5 heteroatoms. The number of imidazole rings is 1. The molecule has 3 fully saturated rings. The van der Waals surface area contributed by atoms with Crippen LogP contribution in [0.15, 0.2) is 18.6 Å². The Morgan fingerprint density at radius 3 is 2.90 bits per heavy atom. The quantitative estimate of drug-likeness (QED) is 0.853. The van der Waals surface area contributed by atoms with E-state index < -0.39 is 0 Å². The van der Waals surface area contributed by atoms with E-state index in [1.54, 1.807) is 6.20 Å². The van der Waals surface area contributed by atoms with Crippen molar-refractivity contribution in [3.8, 4) is 5.88 Å². The summed E-state index contributed by atoms with van der Waals surface area (Å²) >= 11 is 0. The molecule has 3 aliphatic heterocycles. The standard InChI is InChI=1S/C15H20N4O/c1-18-10-17-14-13(18)2-5-16-15(14)20-9-12-8-19-6-3-11(12)4-7-19/h2,5,10-12H,3-4,6-9H2,1H3. The molecular weight excluding hydrogens is 252 g/mol. The zero-order valence-electron chi connectivity index (χ0n) is 11.8. The third kappa shape index (κ3) is 1.97. The van der Waals surface area contributed by atoms with Crippen molar-refractivity contribution in [1.82, 2.24) is 19.4 Å². The largest absolute Gasteiger partial charge is 0.476 e. The Balaban J connectivity index is 1.51. The summed E-state index contributed by atoms with van der Waals surface area (Å²) in [6.07, 6.45) is 6.27. The molecule has 2 bridgehead atoms. The number of piperidine rings is 3. The van der Waals surface area contributed by atoms with Gasteiger partial charge in [0.1, 0.15) is 0 Å². The lowest BCUT2D eigenvalue weighted by atomic mass is 9.79.